The molecule has 12 nitrogen and oxygen atoms in total. The number of hydrogen-bond acceptors (Lipinski definition) is 9. The number of rotatable bonds is 5. The standard InChI is InChI=1S/C35H39ClFN7O5/c1-19-24(15-38-17-26(19)44(32(46)48-34(2,3)4)33(47)49-35(5,6)7)23-12-20-13-27(39-16-25(20)30(36)31(23)37)40-28-14-22-10-11-42(21-8-9-21)29(45)18-43(22)41-28/h12-17,21H,8-11,18H2,1-7H3,(H,39,40,41). The monoisotopic (exact) mass is 691 g/mol. The van der Waals surface area contributed by atoms with E-state index in [0.29, 0.717) is 52.5 Å². The van der Waals surface area contributed by atoms with E-state index < -0.39 is 29.2 Å². The van der Waals surface area contributed by atoms with Crippen LogP contribution >= 0.6 is 11.6 Å². The number of amides is 3. The third-order valence-electron chi connectivity index (χ3n) is 8.09. The van der Waals surface area contributed by atoms with Gasteiger partial charge in [0, 0.05) is 59.7 Å². The first kappa shape index (κ1) is 34.1. The number of aromatic nitrogens is 4. The van der Waals surface area contributed by atoms with Crippen molar-refractivity contribution in [2.24, 2.45) is 0 Å². The van der Waals surface area contributed by atoms with Gasteiger partial charge >= 0.3 is 12.2 Å². The average Bonchev–Trinajstić information content (AvgIpc) is 3.77. The number of pyridine rings is 2. The molecule has 1 saturated carbocycles. The SMILES string of the molecule is Cc1c(-c2cc3cc(Nc4cc5n(n4)CC(=O)N(C4CC4)CC5)ncc3c(Cl)c2F)cncc1N(C(=O)OC(C)(C)C)C(=O)OC(C)(C)C. The Morgan fingerprint density at radius 1 is 0.980 bits per heavy atom. The van der Waals surface area contributed by atoms with Crippen molar-refractivity contribution in [1.29, 1.82) is 0 Å². The predicted molar refractivity (Wildman–Crippen MR) is 184 cm³/mol. The molecule has 2 aliphatic rings. The maximum absolute atomic E-state index is 16.0. The molecule has 258 valence electrons. The van der Waals surface area contributed by atoms with Gasteiger partial charge in [0.25, 0.3) is 0 Å². The quantitative estimate of drug-likeness (QED) is 0.225. The molecule has 1 N–H and O–H groups in total. The lowest BCUT2D eigenvalue weighted by molar-refractivity contribution is -0.132. The van der Waals surface area contributed by atoms with Crippen LogP contribution in [-0.2, 0) is 27.2 Å². The van der Waals surface area contributed by atoms with Crippen LogP contribution in [0.4, 0.5) is 31.3 Å². The largest absolute Gasteiger partial charge is 0.443 e. The van der Waals surface area contributed by atoms with Crippen LogP contribution in [0.5, 0.6) is 0 Å². The summed E-state index contributed by atoms with van der Waals surface area (Å²) < 4.78 is 28.8. The second-order valence-electron chi connectivity index (χ2n) is 14.3. The number of imide groups is 1. The van der Waals surface area contributed by atoms with Gasteiger partial charge < -0.3 is 19.7 Å². The molecule has 4 heterocycles. The molecule has 14 heteroatoms. The maximum atomic E-state index is 16.0. The van der Waals surface area contributed by atoms with Crippen molar-refractivity contribution in [3.8, 4) is 11.1 Å². The number of fused-ring (bicyclic) bond motifs is 2. The Labute approximate surface area is 288 Å². The van der Waals surface area contributed by atoms with Crippen LogP contribution in [0.2, 0.25) is 5.02 Å². The Balaban J connectivity index is 1.34. The third kappa shape index (κ3) is 7.31. The summed E-state index contributed by atoms with van der Waals surface area (Å²) in [5, 5.41) is 8.59. The molecule has 3 amide bonds. The van der Waals surface area contributed by atoms with Gasteiger partial charge in [-0.3, -0.25) is 14.5 Å². The van der Waals surface area contributed by atoms with Crippen molar-refractivity contribution >= 4 is 57.8 Å². The maximum Gasteiger partial charge on any atom is 0.424 e. The second kappa shape index (κ2) is 12.6. The molecule has 4 aromatic rings. The summed E-state index contributed by atoms with van der Waals surface area (Å²) in [7, 11) is 0. The van der Waals surface area contributed by atoms with Crippen LogP contribution in [-0.4, -0.2) is 66.5 Å². The molecule has 0 unspecified atom stereocenters. The molecule has 0 bridgehead atoms. The van der Waals surface area contributed by atoms with Gasteiger partial charge in [-0.15, -0.1) is 0 Å². The van der Waals surface area contributed by atoms with E-state index in [1.54, 1.807) is 65.3 Å². The first-order chi connectivity index (χ1) is 23.0. The smallest absolute Gasteiger partial charge is 0.424 e. The number of anilines is 3. The van der Waals surface area contributed by atoms with Crippen molar-refractivity contribution in [2.75, 3.05) is 16.8 Å². The molecular formula is C35H39ClFN7O5. The number of carbonyl (C=O) groups is 3. The van der Waals surface area contributed by atoms with Gasteiger partial charge in [0.1, 0.15) is 29.4 Å². The van der Waals surface area contributed by atoms with Crippen LogP contribution in [0.15, 0.2) is 36.8 Å². The van der Waals surface area contributed by atoms with Gasteiger partial charge in [-0.25, -0.2) is 19.0 Å². The summed E-state index contributed by atoms with van der Waals surface area (Å²) in [6, 6.07) is 5.58. The summed E-state index contributed by atoms with van der Waals surface area (Å²) in [5.74, 6) is 0.311. The van der Waals surface area contributed by atoms with Crippen LogP contribution in [0.3, 0.4) is 0 Å². The van der Waals surface area contributed by atoms with Crippen molar-refractivity contribution in [1.82, 2.24) is 24.6 Å². The lowest BCUT2D eigenvalue weighted by Crippen LogP contribution is -2.44. The fraction of sp³-hybridized carbons (Fsp3) is 0.429. The van der Waals surface area contributed by atoms with E-state index in [1.165, 1.54) is 18.6 Å². The molecular weight excluding hydrogens is 653 g/mol. The minimum Gasteiger partial charge on any atom is -0.443 e. The van der Waals surface area contributed by atoms with E-state index >= 15 is 4.39 Å². The molecule has 6 rings (SSSR count). The summed E-state index contributed by atoms with van der Waals surface area (Å²) in [4.78, 5) is 50.9. The highest BCUT2D eigenvalue weighted by molar-refractivity contribution is 6.36. The lowest BCUT2D eigenvalue weighted by Gasteiger charge is -2.29. The molecule has 49 heavy (non-hydrogen) atoms. The number of hydrogen-bond donors (Lipinski definition) is 1. The minimum atomic E-state index is -0.969. The molecule has 0 spiro atoms. The summed E-state index contributed by atoms with van der Waals surface area (Å²) in [6.45, 7) is 12.5. The Kier molecular flexibility index (Phi) is 8.76. The Morgan fingerprint density at radius 2 is 1.65 bits per heavy atom. The third-order valence-corrected chi connectivity index (χ3v) is 8.46. The van der Waals surface area contributed by atoms with Gasteiger partial charge in [-0.2, -0.15) is 10.00 Å². The van der Waals surface area contributed by atoms with Gasteiger partial charge in [0.05, 0.1) is 16.9 Å². The number of benzene rings is 1. The Hall–Kier alpha value is -4.78. The zero-order chi connectivity index (χ0) is 35.4. The van der Waals surface area contributed by atoms with E-state index in [0.717, 1.165) is 23.4 Å². The van der Waals surface area contributed by atoms with Crippen molar-refractivity contribution < 1.29 is 28.2 Å². The summed E-state index contributed by atoms with van der Waals surface area (Å²) >= 11 is 6.56. The second-order valence-corrected chi connectivity index (χ2v) is 14.7. The van der Waals surface area contributed by atoms with Crippen molar-refractivity contribution in [3.05, 3.63) is 58.9 Å². The fourth-order valence-electron chi connectivity index (χ4n) is 5.73. The van der Waals surface area contributed by atoms with E-state index in [1.807, 2.05) is 11.0 Å². The zero-order valence-electron chi connectivity index (χ0n) is 28.6. The minimum absolute atomic E-state index is 0.0620. The van der Waals surface area contributed by atoms with Crippen molar-refractivity contribution in [3.63, 3.8) is 0 Å². The number of carbonyl (C=O) groups excluding carboxylic acids is 3. The van der Waals surface area contributed by atoms with Crippen LogP contribution in [0.25, 0.3) is 21.9 Å². The molecule has 0 radical (unpaired) electrons. The average molecular weight is 692 g/mol. The fourth-order valence-corrected chi connectivity index (χ4v) is 5.99. The first-order valence-electron chi connectivity index (χ1n) is 16.1. The Morgan fingerprint density at radius 3 is 2.29 bits per heavy atom. The zero-order valence-corrected chi connectivity index (χ0v) is 29.3. The lowest BCUT2D eigenvalue weighted by atomic mass is 9.98. The predicted octanol–water partition coefficient (Wildman–Crippen LogP) is 7.56. The van der Waals surface area contributed by atoms with Gasteiger partial charge in [-0.1, -0.05) is 11.6 Å². The van der Waals surface area contributed by atoms with Crippen LogP contribution < -0.4 is 10.2 Å². The Bertz CT molecular complexity index is 1950. The van der Waals surface area contributed by atoms with E-state index in [9.17, 15) is 14.4 Å². The molecule has 1 fully saturated rings. The van der Waals surface area contributed by atoms with Crippen LogP contribution in [0.1, 0.15) is 65.6 Å². The molecule has 0 saturated heterocycles. The first-order valence-corrected chi connectivity index (χ1v) is 16.5. The topological polar surface area (TPSA) is 132 Å². The molecule has 0 atom stereocenters. The number of ether oxygens (including phenoxy) is 2. The highest BCUT2D eigenvalue weighted by atomic mass is 35.5. The summed E-state index contributed by atoms with van der Waals surface area (Å²) in [5.41, 5.74) is -0.0700. The van der Waals surface area contributed by atoms with Crippen LogP contribution in [0, 0.1) is 12.7 Å². The molecule has 1 aromatic carbocycles. The van der Waals surface area contributed by atoms with Crippen molar-refractivity contribution in [2.45, 2.75) is 91.5 Å². The normalized spacial score (nSPS) is 15.1. The van der Waals surface area contributed by atoms with Gasteiger partial charge in [0.2, 0.25) is 5.91 Å². The van der Waals surface area contributed by atoms with Gasteiger partial charge in [0.15, 0.2) is 5.82 Å². The van der Waals surface area contributed by atoms with E-state index in [-0.39, 0.29) is 28.7 Å². The highest BCUT2D eigenvalue weighted by Gasteiger charge is 2.36. The number of halogens is 2. The van der Waals surface area contributed by atoms with E-state index in [2.05, 4.69) is 20.4 Å². The number of nitrogens with one attached hydrogen (secondary N) is 1. The van der Waals surface area contributed by atoms with Gasteiger partial charge in [-0.05, 0) is 84.4 Å². The molecule has 1 aliphatic carbocycles. The highest BCUT2D eigenvalue weighted by Crippen LogP contribution is 2.39. The summed E-state index contributed by atoms with van der Waals surface area (Å²) in [6.07, 6.45) is 5.11. The molecule has 1 aliphatic heterocycles. The molecule has 3 aromatic heterocycles. The van der Waals surface area contributed by atoms with E-state index in [4.69, 9.17) is 21.1 Å². The number of nitrogens with zero attached hydrogens (tertiary/aromatic N) is 6.